The molecule has 0 spiro atoms. The van der Waals surface area contributed by atoms with Gasteiger partial charge in [0.15, 0.2) is 5.17 Å². The van der Waals surface area contributed by atoms with Gasteiger partial charge in [-0.3, -0.25) is 14.5 Å². The summed E-state index contributed by atoms with van der Waals surface area (Å²) in [5.74, 6) is -1.13. The number of aryl methyl sites for hydroxylation is 1. The largest absolute Gasteiger partial charge is 0.326 e. The zero-order chi connectivity index (χ0) is 24.3. The summed E-state index contributed by atoms with van der Waals surface area (Å²) in [5.41, 5.74) is 1.34. The van der Waals surface area contributed by atoms with E-state index >= 15 is 0 Å². The monoisotopic (exact) mass is 503 g/mol. The molecule has 1 saturated heterocycles. The maximum atomic E-state index is 13.3. The van der Waals surface area contributed by atoms with Gasteiger partial charge in [0, 0.05) is 18.2 Å². The number of hydrogen-bond donors (Lipinski definition) is 1. The van der Waals surface area contributed by atoms with Crippen LogP contribution in [0.4, 0.5) is 10.1 Å². The maximum Gasteiger partial charge on any atom is 0.284 e. The van der Waals surface area contributed by atoms with Crippen molar-refractivity contribution in [2.75, 3.05) is 5.32 Å². The third kappa shape index (κ3) is 5.67. The molecule has 0 radical (unpaired) electrons. The number of nitrogens with zero attached hydrogens (tertiary/aromatic N) is 2. The van der Waals surface area contributed by atoms with E-state index < -0.39 is 27.0 Å². The SMILES string of the molecule is Cc1ccc(S(=O)(=O)N=C2S[C@H](CC(=O)Nc3ccc(F)cc3)C(=O)N2C2CCCCC2)cc1. The number of sulfonamides is 1. The van der Waals surface area contributed by atoms with E-state index in [1.54, 1.807) is 12.1 Å². The van der Waals surface area contributed by atoms with Crippen molar-refractivity contribution < 1.29 is 22.4 Å². The van der Waals surface area contributed by atoms with Crippen LogP contribution in [0, 0.1) is 12.7 Å². The second-order valence-corrected chi connectivity index (χ2v) is 11.3. The van der Waals surface area contributed by atoms with Crippen molar-refractivity contribution in [3.8, 4) is 0 Å². The molecule has 1 saturated carbocycles. The molecule has 34 heavy (non-hydrogen) atoms. The molecule has 1 aliphatic heterocycles. The zero-order valence-corrected chi connectivity index (χ0v) is 20.4. The smallest absolute Gasteiger partial charge is 0.284 e. The number of amides is 2. The molecule has 0 bridgehead atoms. The quantitative estimate of drug-likeness (QED) is 0.627. The number of hydrogen-bond acceptors (Lipinski definition) is 5. The Morgan fingerprint density at radius 1 is 1.09 bits per heavy atom. The number of anilines is 1. The molecule has 0 unspecified atom stereocenters. The van der Waals surface area contributed by atoms with Gasteiger partial charge in [-0.15, -0.1) is 4.40 Å². The van der Waals surface area contributed by atoms with Crippen LogP contribution in [0.2, 0.25) is 0 Å². The fourth-order valence-corrected chi connectivity index (χ4v) is 6.53. The molecule has 1 atom stereocenters. The molecule has 2 fully saturated rings. The number of amidine groups is 1. The van der Waals surface area contributed by atoms with Gasteiger partial charge in [-0.1, -0.05) is 48.7 Å². The number of rotatable bonds is 6. The first-order valence-electron chi connectivity index (χ1n) is 11.2. The average Bonchev–Trinajstić information content (AvgIpc) is 3.10. The van der Waals surface area contributed by atoms with Crippen molar-refractivity contribution in [1.29, 1.82) is 0 Å². The Morgan fingerprint density at radius 3 is 2.38 bits per heavy atom. The van der Waals surface area contributed by atoms with Crippen LogP contribution in [-0.2, 0) is 19.6 Å². The molecular weight excluding hydrogens is 477 g/mol. The number of carbonyl (C=O) groups excluding carboxylic acids is 2. The van der Waals surface area contributed by atoms with E-state index in [0.29, 0.717) is 5.69 Å². The minimum Gasteiger partial charge on any atom is -0.326 e. The molecule has 7 nitrogen and oxygen atoms in total. The van der Waals surface area contributed by atoms with Gasteiger partial charge in [-0.25, -0.2) is 4.39 Å². The van der Waals surface area contributed by atoms with Crippen LogP contribution in [0.25, 0.3) is 0 Å². The lowest BCUT2D eigenvalue weighted by molar-refractivity contribution is -0.130. The van der Waals surface area contributed by atoms with Crippen molar-refractivity contribution in [2.24, 2.45) is 4.40 Å². The number of benzene rings is 2. The van der Waals surface area contributed by atoms with Crippen LogP contribution in [-0.4, -0.2) is 41.6 Å². The topological polar surface area (TPSA) is 95.9 Å². The highest BCUT2D eigenvalue weighted by molar-refractivity contribution is 8.16. The minimum atomic E-state index is -4.02. The summed E-state index contributed by atoms with van der Waals surface area (Å²) in [6.07, 6.45) is 4.37. The van der Waals surface area contributed by atoms with E-state index in [1.165, 1.54) is 41.3 Å². The fraction of sp³-hybridized carbons (Fsp3) is 0.375. The van der Waals surface area contributed by atoms with E-state index in [0.717, 1.165) is 49.4 Å². The Morgan fingerprint density at radius 2 is 1.74 bits per heavy atom. The average molecular weight is 504 g/mol. The minimum absolute atomic E-state index is 0.0553. The Hall–Kier alpha value is -2.72. The van der Waals surface area contributed by atoms with Gasteiger partial charge in [-0.2, -0.15) is 8.42 Å². The summed E-state index contributed by atoms with van der Waals surface area (Å²) in [7, 11) is -4.02. The van der Waals surface area contributed by atoms with Crippen molar-refractivity contribution in [1.82, 2.24) is 4.90 Å². The summed E-state index contributed by atoms with van der Waals surface area (Å²) in [6, 6.07) is 11.6. The van der Waals surface area contributed by atoms with Gasteiger partial charge in [0.05, 0.1) is 4.90 Å². The highest BCUT2D eigenvalue weighted by Crippen LogP contribution is 2.36. The Kier molecular flexibility index (Phi) is 7.37. The first kappa shape index (κ1) is 24.4. The molecule has 2 aromatic rings. The third-order valence-electron chi connectivity index (χ3n) is 5.92. The second-order valence-electron chi connectivity index (χ2n) is 8.53. The number of halogens is 1. The molecule has 4 rings (SSSR count). The van der Waals surface area contributed by atoms with Crippen LogP contribution in [0.3, 0.4) is 0 Å². The number of nitrogens with one attached hydrogen (secondary N) is 1. The Bertz CT molecular complexity index is 1190. The molecule has 2 amide bonds. The van der Waals surface area contributed by atoms with Gasteiger partial charge in [-0.05, 0) is 56.2 Å². The van der Waals surface area contributed by atoms with Crippen molar-refractivity contribution >= 4 is 44.5 Å². The van der Waals surface area contributed by atoms with E-state index in [2.05, 4.69) is 9.71 Å². The molecule has 1 heterocycles. The zero-order valence-electron chi connectivity index (χ0n) is 18.7. The Labute approximate surface area is 202 Å². The van der Waals surface area contributed by atoms with Gasteiger partial charge in [0.1, 0.15) is 11.1 Å². The second kappa shape index (κ2) is 10.3. The van der Waals surface area contributed by atoms with Gasteiger partial charge < -0.3 is 5.32 Å². The molecular formula is C24H26FN3O4S2. The van der Waals surface area contributed by atoms with E-state index in [1.807, 2.05) is 6.92 Å². The summed E-state index contributed by atoms with van der Waals surface area (Å²) >= 11 is 1.01. The van der Waals surface area contributed by atoms with Crippen LogP contribution in [0.15, 0.2) is 57.8 Å². The summed E-state index contributed by atoms with van der Waals surface area (Å²) in [4.78, 5) is 27.4. The van der Waals surface area contributed by atoms with Gasteiger partial charge in [0.2, 0.25) is 11.8 Å². The van der Waals surface area contributed by atoms with Crippen molar-refractivity contribution in [2.45, 2.75) is 61.6 Å². The maximum absolute atomic E-state index is 13.3. The van der Waals surface area contributed by atoms with Gasteiger partial charge in [0.25, 0.3) is 10.0 Å². The van der Waals surface area contributed by atoms with Crippen LogP contribution in [0.1, 0.15) is 44.1 Å². The molecule has 10 heteroatoms. The van der Waals surface area contributed by atoms with Crippen LogP contribution < -0.4 is 5.32 Å². The summed E-state index contributed by atoms with van der Waals surface area (Å²) < 4.78 is 43.1. The molecule has 1 aliphatic carbocycles. The molecule has 1 N–H and O–H groups in total. The van der Waals surface area contributed by atoms with Crippen molar-refractivity contribution in [3.63, 3.8) is 0 Å². The first-order chi connectivity index (χ1) is 16.2. The normalized spacial score (nSPS) is 20.6. The van der Waals surface area contributed by atoms with Gasteiger partial charge >= 0.3 is 0 Å². The molecule has 2 aromatic carbocycles. The fourth-order valence-electron chi connectivity index (χ4n) is 4.13. The number of thioether (sulfide) groups is 1. The predicted octanol–water partition coefficient (Wildman–Crippen LogP) is 4.48. The standard InChI is InChI=1S/C24H26FN3O4S2/c1-16-7-13-20(14-8-16)34(31,32)27-24-28(19-5-3-2-4-6-19)23(30)21(33-24)15-22(29)26-18-11-9-17(25)10-12-18/h7-14,19,21H,2-6,15H2,1H3,(H,26,29)/t21-/m1/s1. The lowest BCUT2D eigenvalue weighted by Gasteiger charge is -2.30. The molecule has 0 aromatic heterocycles. The van der Waals surface area contributed by atoms with Crippen LogP contribution >= 0.6 is 11.8 Å². The first-order valence-corrected chi connectivity index (χ1v) is 13.5. The lowest BCUT2D eigenvalue weighted by Crippen LogP contribution is -2.42. The van der Waals surface area contributed by atoms with E-state index in [-0.39, 0.29) is 28.4 Å². The van der Waals surface area contributed by atoms with Crippen LogP contribution in [0.5, 0.6) is 0 Å². The Balaban J connectivity index is 1.57. The van der Waals surface area contributed by atoms with Crippen molar-refractivity contribution in [3.05, 3.63) is 59.9 Å². The van der Waals surface area contributed by atoms with E-state index in [9.17, 15) is 22.4 Å². The highest BCUT2D eigenvalue weighted by Gasteiger charge is 2.43. The molecule has 2 aliphatic rings. The molecule has 180 valence electrons. The predicted molar refractivity (Wildman–Crippen MR) is 131 cm³/mol. The summed E-state index contributed by atoms with van der Waals surface area (Å²) in [6.45, 7) is 1.86. The van der Waals surface area contributed by atoms with E-state index in [4.69, 9.17) is 0 Å². The summed E-state index contributed by atoms with van der Waals surface area (Å²) in [5, 5.41) is 2.00. The lowest BCUT2D eigenvalue weighted by atomic mass is 9.94. The number of carbonyl (C=O) groups is 2. The third-order valence-corrected chi connectivity index (χ3v) is 8.47. The highest BCUT2D eigenvalue weighted by atomic mass is 32.2.